The Kier molecular flexibility index (Phi) is 13.5. The van der Waals surface area contributed by atoms with Crippen LogP contribution < -0.4 is 21.3 Å². The van der Waals surface area contributed by atoms with Crippen LogP contribution in [0.15, 0.2) is 69.9 Å². The highest BCUT2D eigenvalue weighted by Crippen LogP contribution is 2.29. The molecule has 3 aromatic rings. The first-order valence-corrected chi connectivity index (χ1v) is 17.7. The van der Waals surface area contributed by atoms with Crippen molar-refractivity contribution in [2.45, 2.75) is 71.4 Å². The minimum atomic E-state index is -0.927. The average molecular weight is 798 g/mol. The van der Waals surface area contributed by atoms with Crippen LogP contribution in [0.25, 0.3) is 11.1 Å². The maximum absolute atomic E-state index is 15.0. The Morgan fingerprint density at radius 1 is 0.960 bits per heavy atom. The molecule has 4 amide bonds. The summed E-state index contributed by atoms with van der Waals surface area (Å²) in [6, 6.07) is 17.6. The number of nitrogens with one attached hydrogen (secondary N) is 4. The predicted octanol–water partition coefficient (Wildman–Crippen LogP) is 7.01. The highest BCUT2D eigenvalue weighted by Gasteiger charge is 2.30. The Morgan fingerprint density at radius 3 is 2.28 bits per heavy atom. The van der Waals surface area contributed by atoms with E-state index in [2.05, 4.69) is 24.5 Å². The summed E-state index contributed by atoms with van der Waals surface area (Å²) < 4.78 is 24.5. The van der Waals surface area contributed by atoms with Crippen LogP contribution in [0.5, 0.6) is 0 Å². The number of carbonyl (C=O) groups excluding carboxylic acids is 4. The van der Waals surface area contributed by atoms with E-state index >= 15 is 0 Å². The number of halogens is 2. The van der Waals surface area contributed by atoms with Crippen molar-refractivity contribution in [2.24, 2.45) is 15.0 Å². The van der Waals surface area contributed by atoms with E-state index in [1.807, 2.05) is 68.8 Å². The van der Waals surface area contributed by atoms with Crippen LogP contribution in [0.1, 0.15) is 74.9 Å². The number of benzene rings is 3. The van der Waals surface area contributed by atoms with Crippen molar-refractivity contribution in [2.75, 3.05) is 18.9 Å². The van der Waals surface area contributed by atoms with E-state index in [1.54, 1.807) is 30.3 Å². The maximum Gasteiger partial charge on any atom is 0.407 e. The molecule has 0 heterocycles. The molecule has 10 nitrogen and oxygen atoms in total. The molecule has 12 heteroatoms. The number of nitrogens with zero attached hydrogens (tertiary/aromatic N) is 1. The summed E-state index contributed by atoms with van der Waals surface area (Å²) in [4.78, 5) is 51.7. The lowest BCUT2D eigenvalue weighted by Gasteiger charge is -2.29. The van der Waals surface area contributed by atoms with Gasteiger partial charge in [0.25, 0.3) is 5.91 Å². The summed E-state index contributed by atoms with van der Waals surface area (Å²) >= 11 is 1.94. The number of hydrogen-bond acceptors (Lipinski definition) is 6. The Morgan fingerprint density at radius 2 is 1.64 bits per heavy atom. The molecule has 0 radical (unpaired) electrons. The number of alkyl carbamates (subject to hydrolysis) is 1. The van der Waals surface area contributed by atoms with Crippen molar-refractivity contribution in [3.63, 3.8) is 0 Å². The molecule has 0 aliphatic heterocycles. The van der Waals surface area contributed by atoms with Gasteiger partial charge in [0.1, 0.15) is 17.5 Å². The SMILES string of the molecule is CNC(=O)c1ccc(F)c(-c2cccc(C[C@H](NC(=O)C3CCC(CNC(=O)OC(C)(C)C)CC3)C(=O)Nc3ccc(C(C)=NI)cc3)c2)c1. The zero-order valence-electron chi connectivity index (χ0n) is 29.1. The van der Waals surface area contributed by atoms with Crippen molar-refractivity contribution in [1.82, 2.24) is 16.0 Å². The molecule has 0 spiro atoms. The second-order valence-electron chi connectivity index (χ2n) is 13.6. The first-order valence-electron chi connectivity index (χ1n) is 16.7. The van der Waals surface area contributed by atoms with Gasteiger partial charge in [0.15, 0.2) is 0 Å². The van der Waals surface area contributed by atoms with Crippen LogP contribution in [0.4, 0.5) is 14.9 Å². The van der Waals surface area contributed by atoms with E-state index in [-0.39, 0.29) is 41.5 Å². The monoisotopic (exact) mass is 797 g/mol. The molecule has 1 atom stereocenters. The van der Waals surface area contributed by atoms with Crippen LogP contribution >= 0.6 is 22.9 Å². The molecule has 1 aliphatic carbocycles. The van der Waals surface area contributed by atoms with E-state index in [9.17, 15) is 23.6 Å². The lowest BCUT2D eigenvalue weighted by Crippen LogP contribution is -2.48. The molecule has 0 unspecified atom stereocenters. The summed E-state index contributed by atoms with van der Waals surface area (Å²) in [6.45, 7) is 7.80. The normalized spacial score (nSPS) is 16.9. The quantitative estimate of drug-likeness (QED) is 0.122. The molecule has 0 aromatic heterocycles. The van der Waals surface area contributed by atoms with E-state index < -0.39 is 23.6 Å². The van der Waals surface area contributed by atoms with Gasteiger partial charge in [0.05, 0.1) is 28.6 Å². The van der Waals surface area contributed by atoms with Gasteiger partial charge in [-0.2, -0.15) is 0 Å². The van der Waals surface area contributed by atoms with Gasteiger partial charge in [0, 0.05) is 42.7 Å². The molecule has 266 valence electrons. The Balaban J connectivity index is 1.49. The lowest BCUT2D eigenvalue weighted by atomic mass is 9.81. The number of amides is 4. The molecule has 1 saturated carbocycles. The Labute approximate surface area is 306 Å². The third-order valence-electron chi connectivity index (χ3n) is 8.61. The van der Waals surface area contributed by atoms with Crippen LogP contribution in [-0.2, 0) is 20.7 Å². The first-order chi connectivity index (χ1) is 23.8. The van der Waals surface area contributed by atoms with Gasteiger partial charge < -0.3 is 26.0 Å². The maximum atomic E-state index is 15.0. The van der Waals surface area contributed by atoms with Gasteiger partial charge in [-0.25, -0.2) is 12.4 Å². The van der Waals surface area contributed by atoms with Gasteiger partial charge in [-0.15, -0.1) is 0 Å². The molecule has 0 saturated heterocycles. The van der Waals surface area contributed by atoms with E-state index in [4.69, 9.17) is 4.74 Å². The smallest absolute Gasteiger partial charge is 0.407 e. The van der Waals surface area contributed by atoms with Crippen molar-refractivity contribution in [1.29, 1.82) is 0 Å². The summed E-state index contributed by atoms with van der Waals surface area (Å²) in [5.74, 6) is -1.49. The summed E-state index contributed by atoms with van der Waals surface area (Å²) in [6.07, 6.45) is 2.43. The zero-order chi connectivity index (χ0) is 36.4. The van der Waals surface area contributed by atoms with Gasteiger partial charge in [-0.05, 0) is 106 Å². The molecule has 4 rings (SSSR count). The molecule has 1 fully saturated rings. The molecule has 3 aromatic carbocycles. The number of hydrogen-bond donors (Lipinski definition) is 4. The number of anilines is 1. The predicted molar refractivity (Wildman–Crippen MR) is 202 cm³/mol. The first kappa shape index (κ1) is 38.5. The van der Waals surface area contributed by atoms with Gasteiger partial charge in [-0.1, -0.05) is 36.4 Å². The summed E-state index contributed by atoms with van der Waals surface area (Å²) in [5.41, 5.74) is 3.57. The minimum absolute atomic E-state index is 0.149. The lowest BCUT2D eigenvalue weighted by molar-refractivity contribution is -0.130. The fraction of sp³-hybridized carbons (Fsp3) is 0.395. The second-order valence-corrected chi connectivity index (χ2v) is 14.1. The zero-order valence-corrected chi connectivity index (χ0v) is 31.2. The van der Waals surface area contributed by atoms with Crippen LogP contribution in [0.3, 0.4) is 0 Å². The van der Waals surface area contributed by atoms with Crippen molar-refractivity contribution in [3.8, 4) is 11.1 Å². The molecule has 0 bridgehead atoms. The van der Waals surface area contributed by atoms with Crippen LogP contribution in [-0.4, -0.2) is 54.8 Å². The number of carbonyl (C=O) groups is 4. The highest BCUT2D eigenvalue weighted by atomic mass is 127. The molecule has 4 N–H and O–H groups in total. The van der Waals surface area contributed by atoms with Crippen LogP contribution in [0, 0.1) is 17.7 Å². The molecule has 50 heavy (non-hydrogen) atoms. The van der Waals surface area contributed by atoms with Gasteiger partial charge >= 0.3 is 6.09 Å². The van der Waals surface area contributed by atoms with E-state index in [1.165, 1.54) is 25.2 Å². The van der Waals surface area contributed by atoms with Crippen LogP contribution in [0.2, 0.25) is 0 Å². The fourth-order valence-corrected chi connectivity index (χ4v) is 6.15. The van der Waals surface area contributed by atoms with Gasteiger partial charge in [-0.3, -0.25) is 14.4 Å². The van der Waals surface area contributed by atoms with E-state index in [0.717, 1.165) is 24.1 Å². The summed E-state index contributed by atoms with van der Waals surface area (Å²) in [7, 11) is 1.51. The Bertz CT molecular complexity index is 1720. The van der Waals surface area contributed by atoms with Crippen molar-refractivity contribution >= 4 is 58.1 Å². The topological polar surface area (TPSA) is 138 Å². The average Bonchev–Trinajstić information content (AvgIpc) is 3.09. The number of ether oxygens (including phenoxy) is 1. The highest BCUT2D eigenvalue weighted by molar-refractivity contribution is 14.1. The molecular formula is C38H45FIN5O5. The minimum Gasteiger partial charge on any atom is -0.444 e. The van der Waals surface area contributed by atoms with Gasteiger partial charge in [0.2, 0.25) is 11.8 Å². The van der Waals surface area contributed by atoms with E-state index in [0.29, 0.717) is 41.8 Å². The molecular weight excluding hydrogens is 752 g/mol. The third-order valence-corrected chi connectivity index (χ3v) is 9.34. The number of rotatable bonds is 11. The second kappa shape index (κ2) is 17.6. The fourth-order valence-electron chi connectivity index (χ4n) is 5.88. The summed E-state index contributed by atoms with van der Waals surface area (Å²) in [5, 5.41) is 11.3. The third kappa shape index (κ3) is 11.1. The Hall–Kier alpha value is -4.33. The van der Waals surface area contributed by atoms with Crippen molar-refractivity contribution < 1.29 is 28.3 Å². The largest absolute Gasteiger partial charge is 0.444 e. The standard InChI is InChI=1S/C38H45FIN5O5/c1-23(45-40)26-13-16-30(17-14-26)43-36(48)33(44-35(47)27-11-9-24(10-12-27)22-42-37(49)50-38(2,3)4)20-25-7-6-8-28(19-25)31-21-29(34(46)41-5)15-18-32(31)39/h6-8,13-19,21,24,27,33H,9-12,20,22H2,1-5H3,(H,41,46)(H,42,49)(H,43,48)(H,44,47)/t24?,27?,33-/m0/s1. The molecule has 1 aliphatic rings. The van der Waals surface area contributed by atoms with Crippen molar-refractivity contribution in [3.05, 3.63) is 89.2 Å².